The predicted molar refractivity (Wildman–Crippen MR) is 130 cm³/mol. The summed E-state index contributed by atoms with van der Waals surface area (Å²) in [5.41, 5.74) is 2.62. The molecule has 2 saturated heterocycles. The number of carbonyl (C=O) groups is 2. The number of methoxy groups -OCH3 is 1. The number of urea groups is 1. The number of fused-ring (bicyclic) bond motifs is 3. The molecule has 2 bridgehead atoms. The summed E-state index contributed by atoms with van der Waals surface area (Å²) in [6.45, 7) is 0.373. The second kappa shape index (κ2) is 9.34. The lowest BCUT2D eigenvalue weighted by atomic mass is 9.98. The van der Waals surface area contributed by atoms with Crippen LogP contribution in [0.25, 0.3) is 10.9 Å². The number of hydrogen-bond donors (Lipinski definition) is 4. The average molecular weight is 463 g/mol. The Morgan fingerprint density at radius 2 is 1.94 bits per heavy atom. The molecule has 2 atom stereocenters. The number of rotatable bonds is 6. The van der Waals surface area contributed by atoms with Crippen LogP contribution in [-0.2, 0) is 6.54 Å². The van der Waals surface area contributed by atoms with Crippen LogP contribution in [-0.4, -0.2) is 59.3 Å². The second-order valence-corrected chi connectivity index (χ2v) is 9.18. The van der Waals surface area contributed by atoms with Crippen LogP contribution < -0.4 is 20.7 Å². The van der Waals surface area contributed by atoms with Crippen molar-refractivity contribution in [3.63, 3.8) is 0 Å². The largest absolute Gasteiger partial charge is 0.497 e. The molecule has 2 aliphatic heterocycles. The van der Waals surface area contributed by atoms with Crippen molar-refractivity contribution in [1.82, 2.24) is 25.7 Å². The quantitative estimate of drug-likeness (QED) is 0.449. The average Bonchev–Trinajstić information content (AvgIpc) is 3.33. The zero-order valence-corrected chi connectivity index (χ0v) is 19.4. The summed E-state index contributed by atoms with van der Waals surface area (Å²) in [4.78, 5) is 27.7. The van der Waals surface area contributed by atoms with E-state index in [0.29, 0.717) is 35.5 Å². The number of hydrogen-bond acceptors (Lipinski definition) is 5. The minimum absolute atomic E-state index is 0.156. The molecular formula is C25H30N6O3. The Morgan fingerprint density at radius 3 is 2.71 bits per heavy atom. The maximum atomic E-state index is 12.9. The van der Waals surface area contributed by atoms with Gasteiger partial charge in [-0.2, -0.15) is 5.10 Å². The van der Waals surface area contributed by atoms with Crippen LogP contribution in [0.15, 0.2) is 42.5 Å². The van der Waals surface area contributed by atoms with Gasteiger partial charge in [0.1, 0.15) is 5.75 Å². The Kier molecular flexibility index (Phi) is 6.10. The molecule has 9 heteroatoms. The summed E-state index contributed by atoms with van der Waals surface area (Å²) < 4.78 is 5.21. The lowest BCUT2D eigenvalue weighted by Crippen LogP contribution is -2.48. The zero-order valence-electron chi connectivity index (χ0n) is 19.4. The highest BCUT2D eigenvalue weighted by atomic mass is 16.5. The Hall–Kier alpha value is -3.59. The van der Waals surface area contributed by atoms with Crippen LogP contribution in [0, 0.1) is 0 Å². The van der Waals surface area contributed by atoms with E-state index in [4.69, 9.17) is 4.74 Å². The summed E-state index contributed by atoms with van der Waals surface area (Å²) in [5.74, 6) is 0.587. The number of nitrogens with zero attached hydrogens (tertiary/aromatic N) is 2. The lowest BCUT2D eigenvalue weighted by molar-refractivity contribution is 0.0879. The van der Waals surface area contributed by atoms with Gasteiger partial charge in [0.2, 0.25) is 0 Å². The molecule has 34 heavy (non-hydrogen) atoms. The first kappa shape index (κ1) is 22.2. The zero-order chi connectivity index (χ0) is 23.7. The maximum Gasteiger partial charge on any atom is 0.319 e. The van der Waals surface area contributed by atoms with Gasteiger partial charge in [0.15, 0.2) is 5.69 Å². The Labute approximate surface area is 198 Å². The molecule has 3 amide bonds. The van der Waals surface area contributed by atoms with E-state index in [2.05, 4.69) is 38.1 Å². The molecule has 2 aliphatic rings. The fourth-order valence-corrected chi connectivity index (χ4v) is 5.19. The van der Waals surface area contributed by atoms with Gasteiger partial charge in [-0.3, -0.25) is 9.89 Å². The van der Waals surface area contributed by atoms with Gasteiger partial charge in [-0.05, 0) is 68.6 Å². The third-order valence-electron chi connectivity index (χ3n) is 7.06. The molecule has 1 aromatic heterocycles. The van der Waals surface area contributed by atoms with Gasteiger partial charge in [-0.1, -0.05) is 12.1 Å². The van der Waals surface area contributed by atoms with Crippen molar-refractivity contribution >= 4 is 28.5 Å². The van der Waals surface area contributed by atoms with Crippen LogP contribution in [0.1, 0.15) is 41.7 Å². The third kappa shape index (κ3) is 4.56. The lowest BCUT2D eigenvalue weighted by Gasteiger charge is -2.36. The second-order valence-electron chi connectivity index (χ2n) is 9.18. The number of aromatic nitrogens is 2. The number of ether oxygens (including phenoxy) is 1. The Bertz CT molecular complexity index is 1190. The van der Waals surface area contributed by atoms with Crippen molar-refractivity contribution in [3.05, 3.63) is 53.7 Å². The van der Waals surface area contributed by atoms with Gasteiger partial charge in [-0.15, -0.1) is 0 Å². The van der Waals surface area contributed by atoms with Gasteiger partial charge < -0.3 is 25.6 Å². The molecule has 3 aromatic rings. The summed E-state index contributed by atoms with van der Waals surface area (Å²) in [6, 6.07) is 13.9. The van der Waals surface area contributed by atoms with E-state index < -0.39 is 0 Å². The van der Waals surface area contributed by atoms with Crippen LogP contribution in [0.2, 0.25) is 0 Å². The number of nitrogens with one attached hydrogen (secondary N) is 4. The normalized spacial score (nSPS) is 21.9. The van der Waals surface area contributed by atoms with Crippen molar-refractivity contribution < 1.29 is 14.3 Å². The van der Waals surface area contributed by atoms with Gasteiger partial charge >= 0.3 is 6.03 Å². The molecule has 2 fully saturated rings. The monoisotopic (exact) mass is 462 g/mol. The first-order valence-corrected chi connectivity index (χ1v) is 11.7. The molecule has 0 saturated carbocycles. The number of amides is 3. The molecule has 9 nitrogen and oxygen atoms in total. The topological polar surface area (TPSA) is 111 Å². The van der Waals surface area contributed by atoms with Crippen molar-refractivity contribution in [2.24, 2.45) is 0 Å². The summed E-state index contributed by atoms with van der Waals surface area (Å²) in [5, 5.41) is 16.8. The summed E-state index contributed by atoms with van der Waals surface area (Å²) >= 11 is 0. The van der Waals surface area contributed by atoms with E-state index in [1.807, 2.05) is 30.3 Å². The first-order chi connectivity index (χ1) is 16.5. The number of piperidine rings is 1. The van der Waals surface area contributed by atoms with Crippen LogP contribution >= 0.6 is 0 Å². The SMILES string of the molecule is COc1cccc(CNC(=O)Nc2ccc3c(C(=O)NC4CC5CCC(C4)N5C)n[nH]c3c2)c1. The first-order valence-electron chi connectivity index (χ1n) is 11.7. The molecule has 2 aromatic carbocycles. The number of aromatic amines is 1. The van der Waals surface area contributed by atoms with Gasteiger partial charge in [-0.25, -0.2) is 4.79 Å². The summed E-state index contributed by atoms with van der Waals surface area (Å²) in [6.07, 6.45) is 4.39. The number of carbonyl (C=O) groups excluding carboxylic acids is 2. The van der Waals surface area contributed by atoms with E-state index in [-0.39, 0.29) is 18.0 Å². The standard InChI is InChI=1S/C25H30N6O3/c1-31-18-7-8-19(31)12-17(11-18)27-24(32)23-21-9-6-16(13-22(21)29-30-23)28-25(33)26-14-15-4-3-5-20(10-15)34-2/h3-6,9-10,13,17-19H,7-8,11-12,14H2,1-2H3,(H,27,32)(H,29,30)(H2,26,28,33). The highest BCUT2D eigenvalue weighted by Crippen LogP contribution is 2.34. The number of H-pyrrole nitrogens is 1. The summed E-state index contributed by atoms with van der Waals surface area (Å²) in [7, 11) is 3.80. The van der Waals surface area contributed by atoms with Crippen molar-refractivity contribution in [2.45, 2.75) is 50.4 Å². The predicted octanol–water partition coefficient (Wildman–Crippen LogP) is 3.25. The van der Waals surface area contributed by atoms with E-state index in [0.717, 1.165) is 29.5 Å². The van der Waals surface area contributed by atoms with E-state index in [1.54, 1.807) is 19.2 Å². The molecular weight excluding hydrogens is 432 g/mol. The van der Waals surface area contributed by atoms with Crippen molar-refractivity contribution in [2.75, 3.05) is 19.5 Å². The molecule has 3 heterocycles. The fourth-order valence-electron chi connectivity index (χ4n) is 5.19. The van der Waals surface area contributed by atoms with E-state index >= 15 is 0 Å². The Morgan fingerprint density at radius 1 is 1.15 bits per heavy atom. The fraction of sp³-hybridized carbons (Fsp3) is 0.400. The van der Waals surface area contributed by atoms with Gasteiger partial charge in [0, 0.05) is 35.7 Å². The molecule has 2 unspecified atom stereocenters. The van der Waals surface area contributed by atoms with E-state index in [9.17, 15) is 9.59 Å². The Balaban J connectivity index is 1.19. The van der Waals surface area contributed by atoms with Gasteiger partial charge in [0.25, 0.3) is 5.91 Å². The molecule has 0 aliphatic carbocycles. The van der Waals surface area contributed by atoms with Gasteiger partial charge in [0.05, 0.1) is 12.6 Å². The highest BCUT2D eigenvalue weighted by molar-refractivity contribution is 6.05. The molecule has 5 rings (SSSR count). The molecule has 0 spiro atoms. The van der Waals surface area contributed by atoms with Crippen molar-refractivity contribution in [1.29, 1.82) is 0 Å². The minimum Gasteiger partial charge on any atom is -0.497 e. The van der Waals surface area contributed by atoms with E-state index in [1.165, 1.54) is 12.8 Å². The van der Waals surface area contributed by atoms with Crippen LogP contribution in [0.5, 0.6) is 5.75 Å². The molecule has 0 radical (unpaired) electrons. The number of benzene rings is 2. The third-order valence-corrected chi connectivity index (χ3v) is 7.06. The van der Waals surface area contributed by atoms with Crippen LogP contribution in [0.3, 0.4) is 0 Å². The molecule has 178 valence electrons. The maximum absolute atomic E-state index is 12.9. The smallest absolute Gasteiger partial charge is 0.319 e. The number of anilines is 1. The van der Waals surface area contributed by atoms with Crippen LogP contribution in [0.4, 0.5) is 10.5 Å². The van der Waals surface area contributed by atoms with Crippen molar-refractivity contribution in [3.8, 4) is 5.75 Å². The molecule has 4 N–H and O–H groups in total. The highest BCUT2D eigenvalue weighted by Gasteiger charge is 2.39. The minimum atomic E-state index is -0.323.